The van der Waals surface area contributed by atoms with Crippen LogP contribution in [0.15, 0.2) is 84.1 Å². The molecular weight excluding hydrogens is 581 g/mol. The molecule has 4 aromatic rings. The summed E-state index contributed by atoms with van der Waals surface area (Å²) >= 11 is 1.24. The molecule has 0 radical (unpaired) electrons. The summed E-state index contributed by atoms with van der Waals surface area (Å²) in [5.41, 5.74) is 3.35. The van der Waals surface area contributed by atoms with Crippen LogP contribution < -0.4 is 15.0 Å². The number of nitrogens with one attached hydrogen (secondary N) is 1. The van der Waals surface area contributed by atoms with Crippen molar-refractivity contribution < 1.29 is 27.5 Å². The number of amides is 3. The summed E-state index contributed by atoms with van der Waals surface area (Å²) in [6.07, 6.45) is -1.05. The van der Waals surface area contributed by atoms with Gasteiger partial charge in [-0.1, -0.05) is 61.2 Å². The SMILES string of the molecule is CCc1ccccc1N1C(=O)CSC1=NC(=O)NC1(c2ccc(-c3ncn(-c4ccc(OC(F)(F)F)cc4)n3)cc2)CC1. The maximum Gasteiger partial charge on any atom is 0.573 e. The molecule has 0 spiro atoms. The van der Waals surface area contributed by atoms with E-state index in [9.17, 15) is 22.8 Å². The Morgan fingerprint density at radius 2 is 1.79 bits per heavy atom. The zero-order valence-corrected chi connectivity index (χ0v) is 23.7. The first-order valence-electron chi connectivity index (χ1n) is 13.5. The van der Waals surface area contributed by atoms with Gasteiger partial charge >= 0.3 is 12.4 Å². The molecule has 1 saturated carbocycles. The van der Waals surface area contributed by atoms with Crippen LogP contribution >= 0.6 is 11.8 Å². The minimum absolute atomic E-state index is 0.113. The Morgan fingerprint density at radius 3 is 2.47 bits per heavy atom. The van der Waals surface area contributed by atoms with Crippen molar-refractivity contribution >= 4 is 34.6 Å². The van der Waals surface area contributed by atoms with Gasteiger partial charge in [-0.05, 0) is 60.7 Å². The molecule has 6 rings (SSSR count). The Morgan fingerprint density at radius 1 is 1.07 bits per heavy atom. The number of nitrogens with zero attached hydrogens (tertiary/aromatic N) is 5. The number of para-hydroxylation sites is 1. The molecular formula is C30H25F3N6O3S. The monoisotopic (exact) mass is 606 g/mol. The highest BCUT2D eigenvalue weighted by Gasteiger charge is 2.46. The molecule has 220 valence electrons. The number of halogens is 3. The molecule has 2 aliphatic rings. The van der Waals surface area contributed by atoms with E-state index in [1.54, 1.807) is 0 Å². The average molecular weight is 607 g/mol. The van der Waals surface area contributed by atoms with Crippen molar-refractivity contribution in [3.05, 3.63) is 90.3 Å². The molecule has 0 atom stereocenters. The van der Waals surface area contributed by atoms with Gasteiger partial charge in [0, 0.05) is 5.56 Å². The van der Waals surface area contributed by atoms with E-state index in [2.05, 4.69) is 25.1 Å². The quantitative estimate of drug-likeness (QED) is 0.268. The van der Waals surface area contributed by atoms with Gasteiger partial charge in [0.05, 0.1) is 22.7 Å². The van der Waals surface area contributed by atoms with Gasteiger partial charge in [-0.3, -0.25) is 9.69 Å². The van der Waals surface area contributed by atoms with E-state index < -0.39 is 17.9 Å². The van der Waals surface area contributed by atoms with Crippen LogP contribution in [-0.2, 0) is 16.8 Å². The van der Waals surface area contributed by atoms with Crippen molar-refractivity contribution in [3.8, 4) is 22.8 Å². The van der Waals surface area contributed by atoms with Crippen LogP contribution in [0.5, 0.6) is 5.75 Å². The van der Waals surface area contributed by atoms with Crippen molar-refractivity contribution in [3.63, 3.8) is 0 Å². The predicted molar refractivity (Wildman–Crippen MR) is 156 cm³/mol. The van der Waals surface area contributed by atoms with E-state index in [0.29, 0.717) is 16.7 Å². The number of carbonyl (C=O) groups excluding carboxylic acids is 2. The molecule has 0 unspecified atom stereocenters. The minimum atomic E-state index is -4.76. The number of carbonyl (C=O) groups is 2. The number of hydrogen-bond donors (Lipinski definition) is 1. The maximum atomic E-state index is 13.0. The smallest absolute Gasteiger partial charge is 0.406 e. The number of anilines is 1. The summed E-state index contributed by atoms with van der Waals surface area (Å²) < 4.78 is 42.6. The lowest BCUT2D eigenvalue weighted by molar-refractivity contribution is -0.274. The van der Waals surface area contributed by atoms with Crippen LogP contribution in [0.25, 0.3) is 17.1 Å². The van der Waals surface area contributed by atoms with E-state index in [4.69, 9.17) is 0 Å². The number of thioether (sulfide) groups is 1. The van der Waals surface area contributed by atoms with Crippen LogP contribution in [-0.4, -0.2) is 44.0 Å². The molecule has 3 aromatic carbocycles. The number of hydrogen-bond acceptors (Lipinski definition) is 6. The zero-order chi connectivity index (χ0) is 30.2. The topological polar surface area (TPSA) is 102 Å². The van der Waals surface area contributed by atoms with Crippen molar-refractivity contribution in [2.24, 2.45) is 4.99 Å². The summed E-state index contributed by atoms with van der Waals surface area (Å²) in [6, 6.07) is 19.9. The normalized spacial score (nSPS) is 16.9. The number of aryl methyl sites for hydroxylation is 1. The average Bonchev–Trinajstić information content (AvgIpc) is 3.43. The van der Waals surface area contributed by atoms with E-state index >= 15 is 0 Å². The highest BCUT2D eigenvalue weighted by molar-refractivity contribution is 8.15. The number of rotatable bonds is 7. The highest BCUT2D eigenvalue weighted by Crippen LogP contribution is 2.46. The van der Waals surface area contributed by atoms with E-state index in [0.717, 1.165) is 41.6 Å². The largest absolute Gasteiger partial charge is 0.573 e. The second-order valence-electron chi connectivity index (χ2n) is 10.0. The molecule has 3 amide bonds. The third-order valence-electron chi connectivity index (χ3n) is 7.19. The molecule has 2 fully saturated rings. The predicted octanol–water partition coefficient (Wildman–Crippen LogP) is 6.23. The molecule has 9 nitrogen and oxygen atoms in total. The number of ether oxygens (including phenoxy) is 1. The van der Waals surface area contributed by atoms with Crippen molar-refractivity contribution in [1.29, 1.82) is 0 Å². The number of aromatic nitrogens is 3. The van der Waals surface area contributed by atoms with Crippen LogP contribution in [0.1, 0.15) is 30.9 Å². The third-order valence-corrected chi connectivity index (χ3v) is 8.12. The van der Waals surface area contributed by atoms with E-state index in [-0.39, 0.29) is 17.4 Å². The lowest BCUT2D eigenvalue weighted by Crippen LogP contribution is -2.35. The molecule has 13 heteroatoms. The molecule has 1 aliphatic carbocycles. The maximum absolute atomic E-state index is 13.0. The Bertz CT molecular complexity index is 1700. The van der Waals surface area contributed by atoms with Crippen LogP contribution in [0.3, 0.4) is 0 Å². The fourth-order valence-corrected chi connectivity index (χ4v) is 5.76. The van der Waals surface area contributed by atoms with Crippen molar-refractivity contribution in [1.82, 2.24) is 20.1 Å². The molecule has 2 heterocycles. The molecule has 43 heavy (non-hydrogen) atoms. The Hall–Kier alpha value is -4.65. The number of aliphatic imine (C=N–C) groups is 1. The van der Waals surface area contributed by atoms with Gasteiger partial charge in [0.2, 0.25) is 5.91 Å². The van der Waals surface area contributed by atoms with Crippen LogP contribution in [0, 0.1) is 0 Å². The van der Waals surface area contributed by atoms with Crippen molar-refractivity contribution in [2.75, 3.05) is 10.7 Å². The van der Waals surface area contributed by atoms with Gasteiger partial charge in [-0.15, -0.1) is 18.3 Å². The fourth-order valence-electron chi connectivity index (χ4n) is 4.90. The highest BCUT2D eigenvalue weighted by atomic mass is 32.2. The second kappa shape index (κ2) is 11.2. The van der Waals surface area contributed by atoms with Crippen LogP contribution in [0.4, 0.5) is 23.7 Å². The van der Waals surface area contributed by atoms with E-state index in [1.807, 2.05) is 55.5 Å². The van der Waals surface area contributed by atoms with Gasteiger partial charge in [0.15, 0.2) is 11.0 Å². The number of amidine groups is 1. The summed E-state index contributed by atoms with van der Waals surface area (Å²) in [7, 11) is 0. The Labute approximate surface area is 248 Å². The molecule has 1 aromatic heterocycles. The number of alkyl halides is 3. The van der Waals surface area contributed by atoms with Crippen LogP contribution in [0.2, 0.25) is 0 Å². The lowest BCUT2D eigenvalue weighted by atomic mass is 10.0. The summed E-state index contributed by atoms with van der Waals surface area (Å²) in [5.74, 6) is 0.211. The zero-order valence-electron chi connectivity index (χ0n) is 22.8. The molecule has 0 bridgehead atoms. The third kappa shape index (κ3) is 6.12. The molecule has 1 saturated heterocycles. The van der Waals surface area contributed by atoms with Gasteiger partial charge < -0.3 is 10.1 Å². The van der Waals surface area contributed by atoms with Crippen molar-refractivity contribution in [2.45, 2.75) is 38.1 Å². The number of urea groups is 1. The second-order valence-corrected chi connectivity index (χ2v) is 11.0. The van der Waals surface area contributed by atoms with Gasteiger partial charge in [-0.25, -0.2) is 14.5 Å². The fraction of sp³-hybridized carbons (Fsp3) is 0.233. The summed E-state index contributed by atoms with van der Waals surface area (Å²) in [6.45, 7) is 2.01. The van der Waals surface area contributed by atoms with Gasteiger partial charge in [0.25, 0.3) is 0 Å². The standard InChI is InChI=1S/C30H25F3N6O3S/c1-2-19-5-3-4-6-24(19)39-25(40)17-43-28(39)35-27(41)36-29(15-16-29)21-9-7-20(8-10-21)26-34-18-38(37-26)22-11-13-23(14-12-22)42-30(31,32)33/h3-14,18H,2,15-17H2,1H3,(H,36,41). The Balaban J connectivity index is 1.14. The van der Waals surface area contributed by atoms with Gasteiger partial charge in [0.1, 0.15) is 12.1 Å². The minimum Gasteiger partial charge on any atom is -0.406 e. The molecule has 1 N–H and O–H groups in total. The molecule has 1 aliphatic heterocycles. The Kier molecular flexibility index (Phi) is 7.42. The first-order chi connectivity index (χ1) is 20.6. The van der Waals surface area contributed by atoms with E-state index in [1.165, 1.54) is 51.9 Å². The summed E-state index contributed by atoms with van der Waals surface area (Å²) in [4.78, 5) is 35.9. The number of benzene rings is 3. The van der Waals surface area contributed by atoms with Gasteiger partial charge in [-0.2, -0.15) is 4.99 Å². The summed E-state index contributed by atoms with van der Waals surface area (Å²) in [5, 5.41) is 7.83. The first-order valence-corrected chi connectivity index (χ1v) is 14.5. The lowest BCUT2D eigenvalue weighted by Gasteiger charge is -2.20. The first kappa shape index (κ1) is 28.5.